The van der Waals surface area contributed by atoms with Gasteiger partial charge in [-0.3, -0.25) is 4.79 Å². The molecule has 1 saturated heterocycles. The third-order valence-corrected chi connectivity index (χ3v) is 4.99. The molecule has 1 aromatic heterocycles. The number of carbonyl (C=O) groups is 1. The Morgan fingerprint density at radius 1 is 1.16 bits per heavy atom. The fraction of sp³-hybridized carbons (Fsp3) is 0.304. The standard InChI is InChI=1S/C23H23N5O3/c1-2-31-17-9-7-16(8-10-17)25-23(29)18(15-24)21-22(28-11-13-30-14-12-28)27-20-6-4-3-5-19(20)26-21/h3-10,18H,2,11-14H2,1H3,(H,25,29)/t18-/m0/s1. The van der Waals surface area contributed by atoms with Crippen LogP contribution in [0.4, 0.5) is 11.5 Å². The molecule has 1 atom stereocenters. The average molecular weight is 417 g/mol. The predicted octanol–water partition coefficient (Wildman–Crippen LogP) is 3.11. The third-order valence-electron chi connectivity index (χ3n) is 4.99. The van der Waals surface area contributed by atoms with Crippen molar-refractivity contribution in [2.45, 2.75) is 12.8 Å². The first kappa shape index (κ1) is 20.6. The number of hydrogen-bond donors (Lipinski definition) is 1. The summed E-state index contributed by atoms with van der Waals surface area (Å²) in [7, 11) is 0. The van der Waals surface area contributed by atoms with Crippen LogP contribution in [0.15, 0.2) is 48.5 Å². The van der Waals surface area contributed by atoms with E-state index >= 15 is 0 Å². The molecule has 31 heavy (non-hydrogen) atoms. The average Bonchev–Trinajstić information content (AvgIpc) is 2.81. The number of hydrogen-bond acceptors (Lipinski definition) is 7. The number of nitrogens with one attached hydrogen (secondary N) is 1. The monoisotopic (exact) mass is 417 g/mol. The molecule has 1 fully saturated rings. The summed E-state index contributed by atoms with van der Waals surface area (Å²) in [5.41, 5.74) is 2.29. The minimum Gasteiger partial charge on any atom is -0.494 e. The van der Waals surface area contributed by atoms with E-state index < -0.39 is 11.8 Å². The number of benzene rings is 2. The normalized spacial score (nSPS) is 14.6. The maximum Gasteiger partial charge on any atom is 0.248 e. The van der Waals surface area contributed by atoms with Gasteiger partial charge >= 0.3 is 0 Å². The van der Waals surface area contributed by atoms with Crippen molar-refractivity contribution in [2.24, 2.45) is 0 Å². The zero-order valence-corrected chi connectivity index (χ0v) is 17.2. The molecule has 1 N–H and O–H groups in total. The molecule has 0 unspecified atom stereocenters. The van der Waals surface area contributed by atoms with Gasteiger partial charge in [0.1, 0.15) is 11.4 Å². The number of anilines is 2. The molecule has 0 saturated carbocycles. The molecule has 0 radical (unpaired) electrons. The highest BCUT2D eigenvalue weighted by molar-refractivity contribution is 5.98. The van der Waals surface area contributed by atoms with Gasteiger partial charge in [-0.25, -0.2) is 9.97 Å². The van der Waals surface area contributed by atoms with E-state index in [4.69, 9.17) is 14.5 Å². The van der Waals surface area contributed by atoms with Gasteiger partial charge in [0.15, 0.2) is 11.7 Å². The zero-order chi connectivity index (χ0) is 21.6. The summed E-state index contributed by atoms with van der Waals surface area (Å²) in [4.78, 5) is 24.5. The number of morpholine rings is 1. The van der Waals surface area contributed by atoms with Crippen LogP contribution in [0.2, 0.25) is 0 Å². The van der Waals surface area contributed by atoms with Crippen molar-refractivity contribution >= 4 is 28.4 Å². The van der Waals surface area contributed by atoms with Crippen LogP contribution >= 0.6 is 0 Å². The minimum atomic E-state index is -1.11. The fourth-order valence-electron chi connectivity index (χ4n) is 3.47. The summed E-state index contributed by atoms with van der Waals surface area (Å²) in [6, 6.07) is 16.6. The predicted molar refractivity (Wildman–Crippen MR) is 117 cm³/mol. The van der Waals surface area contributed by atoms with Gasteiger partial charge < -0.3 is 19.7 Å². The second-order valence-corrected chi connectivity index (χ2v) is 7.03. The van der Waals surface area contributed by atoms with Crippen molar-refractivity contribution in [3.8, 4) is 11.8 Å². The Morgan fingerprint density at radius 2 is 1.84 bits per heavy atom. The number of nitriles is 1. The van der Waals surface area contributed by atoms with Crippen molar-refractivity contribution in [3.05, 3.63) is 54.2 Å². The molecule has 2 heterocycles. The number of nitrogens with zero attached hydrogens (tertiary/aromatic N) is 4. The smallest absolute Gasteiger partial charge is 0.248 e. The Morgan fingerprint density at radius 3 is 2.48 bits per heavy atom. The van der Waals surface area contributed by atoms with Gasteiger partial charge in [0.25, 0.3) is 0 Å². The second kappa shape index (κ2) is 9.41. The van der Waals surface area contributed by atoms with E-state index in [9.17, 15) is 10.1 Å². The van der Waals surface area contributed by atoms with Gasteiger partial charge in [0.2, 0.25) is 5.91 Å². The maximum absolute atomic E-state index is 13.1. The SMILES string of the molecule is CCOc1ccc(NC(=O)[C@@H](C#N)c2nc3ccccc3nc2N2CCOCC2)cc1. The Hall–Kier alpha value is -3.70. The van der Waals surface area contributed by atoms with E-state index in [1.807, 2.05) is 36.1 Å². The quantitative estimate of drug-likeness (QED) is 0.658. The van der Waals surface area contributed by atoms with Crippen LogP contribution < -0.4 is 15.0 Å². The van der Waals surface area contributed by atoms with Crippen LogP contribution in [0.3, 0.4) is 0 Å². The molecule has 1 aliphatic rings. The summed E-state index contributed by atoms with van der Waals surface area (Å²) >= 11 is 0. The Kier molecular flexibility index (Phi) is 6.24. The van der Waals surface area contributed by atoms with Crippen LogP contribution in [-0.2, 0) is 9.53 Å². The van der Waals surface area contributed by atoms with Crippen LogP contribution in [0.5, 0.6) is 5.75 Å². The number of carbonyl (C=O) groups excluding carboxylic acids is 1. The number of aromatic nitrogens is 2. The molecule has 0 bridgehead atoms. The van der Waals surface area contributed by atoms with Crippen molar-refractivity contribution in [3.63, 3.8) is 0 Å². The first-order chi connectivity index (χ1) is 15.2. The molecule has 0 spiro atoms. The van der Waals surface area contributed by atoms with E-state index in [1.165, 1.54) is 0 Å². The number of amides is 1. The molecule has 8 heteroatoms. The summed E-state index contributed by atoms with van der Waals surface area (Å²) in [5.74, 6) is -0.296. The molecule has 8 nitrogen and oxygen atoms in total. The zero-order valence-electron chi connectivity index (χ0n) is 17.2. The van der Waals surface area contributed by atoms with Gasteiger partial charge in [-0.2, -0.15) is 5.26 Å². The molecular weight excluding hydrogens is 394 g/mol. The van der Waals surface area contributed by atoms with E-state index in [-0.39, 0.29) is 0 Å². The highest BCUT2D eigenvalue weighted by Crippen LogP contribution is 2.29. The molecule has 0 aliphatic carbocycles. The van der Waals surface area contributed by atoms with Crippen LogP contribution in [0.25, 0.3) is 11.0 Å². The lowest BCUT2D eigenvalue weighted by atomic mass is 10.0. The Balaban J connectivity index is 1.67. The van der Waals surface area contributed by atoms with Crippen molar-refractivity contribution < 1.29 is 14.3 Å². The van der Waals surface area contributed by atoms with Gasteiger partial charge in [-0.05, 0) is 43.3 Å². The highest BCUT2D eigenvalue weighted by atomic mass is 16.5. The number of ether oxygens (including phenoxy) is 2. The van der Waals surface area contributed by atoms with Crippen molar-refractivity contribution in [1.82, 2.24) is 9.97 Å². The highest BCUT2D eigenvalue weighted by Gasteiger charge is 2.29. The van der Waals surface area contributed by atoms with Gasteiger partial charge in [0.05, 0.1) is 36.9 Å². The van der Waals surface area contributed by atoms with E-state index in [0.717, 1.165) is 5.52 Å². The van der Waals surface area contributed by atoms with Gasteiger partial charge in [-0.15, -0.1) is 0 Å². The molecule has 2 aromatic carbocycles. The van der Waals surface area contributed by atoms with Crippen LogP contribution in [-0.4, -0.2) is 48.8 Å². The van der Waals surface area contributed by atoms with Crippen LogP contribution in [0, 0.1) is 11.3 Å². The van der Waals surface area contributed by atoms with Crippen LogP contribution in [0.1, 0.15) is 18.5 Å². The summed E-state index contributed by atoms with van der Waals surface area (Å²) in [5, 5.41) is 12.7. The van der Waals surface area contributed by atoms with Gasteiger partial charge in [0, 0.05) is 18.8 Å². The first-order valence-corrected chi connectivity index (χ1v) is 10.2. The Bertz CT molecular complexity index is 1100. The second-order valence-electron chi connectivity index (χ2n) is 7.03. The largest absolute Gasteiger partial charge is 0.494 e. The number of fused-ring (bicyclic) bond motifs is 1. The molecule has 1 amide bonds. The molecule has 3 aromatic rings. The summed E-state index contributed by atoms with van der Waals surface area (Å²) in [6.45, 7) is 4.83. The number of rotatable bonds is 6. The maximum atomic E-state index is 13.1. The topological polar surface area (TPSA) is 100 Å². The number of para-hydroxylation sites is 2. The lowest BCUT2D eigenvalue weighted by molar-refractivity contribution is -0.116. The van der Waals surface area contributed by atoms with E-state index in [0.29, 0.717) is 61.4 Å². The summed E-state index contributed by atoms with van der Waals surface area (Å²) in [6.07, 6.45) is 0. The lowest BCUT2D eigenvalue weighted by Gasteiger charge is -2.29. The first-order valence-electron chi connectivity index (χ1n) is 10.2. The van der Waals surface area contributed by atoms with E-state index in [2.05, 4.69) is 16.4 Å². The van der Waals surface area contributed by atoms with Crippen molar-refractivity contribution in [2.75, 3.05) is 43.1 Å². The van der Waals surface area contributed by atoms with Gasteiger partial charge in [-0.1, -0.05) is 12.1 Å². The summed E-state index contributed by atoms with van der Waals surface area (Å²) < 4.78 is 10.9. The molecule has 1 aliphatic heterocycles. The Labute approximate surface area is 180 Å². The van der Waals surface area contributed by atoms with Crippen molar-refractivity contribution in [1.29, 1.82) is 5.26 Å². The lowest BCUT2D eigenvalue weighted by Crippen LogP contribution is -2.38. The molecular formula is C23H23N5O3. The fourth-order valence-corrected chi connectivity index (χ4v) is 3.47. The third kappa shape index (κ3) is 4.57. The van der Waals surface area contributed by atoms with E-state index in [1.54, 1.807) is 24.3 Å². The minimum absolute atomic E-state index is 0.353. The molecule has 4 rings (SSSR count). The molecule has 158 valence electrons.